The van der Waals surface area contributed by atoms with Crippen LogP contribution in [0.3, 0.4) is 0 Å². The maximum absolute atomic E-state index is 12.8. The van der Waals surface area contributed by atoms with Gasteiger partial charge in [0.05, 0.1) is 11.2 Å². The molecular weight excluding hydrogens is 304 g/mol. The third-order valence-corrected chi connectivity index (χ3v) is 5.41. The molecule has 24 heavy (non-hydrogen) atoms. The Hall–Kier alpha value is -2.46. The molecule has 2 aliphatic carbocycles. The van der Waals surface area contributed by atoms with Crippen molar-refractivity contribution < 1.29 is 19.8 Å². The first-order valence-corrected chi connectivity index (χ1v) is 8.24. The van der Waals surface area contributed by atoms with Gasteiger partial charge < -0.3 is 10.2 Å². The first-order valence-electron chi connectivity index (χ1n) is 8.24. The van der Waals surface area contributed by atoms with Gasteiger partial charge in [0, 0.05) is 28.7 Å². The number of hydrogen-bond acceptors (Lipinski definition) is 4. The quantitative estimate of drug-likeness (QED) is 0.722. The standard InChI is InChI=1S/C20H18O4/c1-2-20(24)8-7-11-9-14-16(19(23)15(11)10-20)18(22)13-6-4-3-5-12(13)17(14)21/h3-6,9,23-24H,2,7-8,10H2,1H3. The molecular formula is C20H18O4. The fourth-order valence-electron chi connectivity index (χ4n) is 3.84. The molecule has 0 fully saturated rings. The first-order chi connectivity index (χ1) is 11.4. The summed E-state index contributed by atoms with van der Waals surface area (Å²) in [5.41, 5.74) is 1.66. The van der Waals surface area contributed by atoms with Crippen LogP contribution in [0.2, 0.25) is 0 Å². The second-order valence-electron chi connectivity index (χ2n) is 6.74. The highest BCUT2D eigenvalue weighted by Crippen LogP contribution is 2.42. The lowest BCUT2D eigenvalue weighted by Crippen LogP contribution is -2.35. The molecule has 0 radical (unpaired) electrons. The first kappa shape index (κ1) is 15.1. The lowest BCUT2D eigenvalue weighted by Gasteiger charge is -2.34. The summed E-state index contributed by atoms with van der Waals surface area (Å²) in [4.78, 5) is 25.6. The van der Waals surface area contributed by atoms with E-state index in [-0.39, 0.29) is 28.4 Å². The van der Waals surface area contributed by atoms with Crippen LogP contribution < -0.4 is 0 Å². The number of aryl methyl sites for hydroxylation is 1. The molecule has 1 atom stereocenters. The Morgan fingerprint density at radius 3 is 2.42 bits per heavy atom. The Morgan fingerprint density at radius 1 is 1.08 bits per heavy atom. The van der Waals surface area contributed by atoms with Crippen molar-refractivity contribution in [3.05, 3.63) is 63.7 Å². The lowest BCUT2D eigenvalue weighted by molar-refractivity contribution is 0.0219. The summed E-state index contributed by atoms with van der Waals surface area (Å²) in [6, 6.07) is 8.43. The van der Waals surface area contributed by atoms with Gasteiger partial charge in [-0.25, -0.2) is 0 Å². The van der Waals surface area contributed by atoms with Crippen molar-refractivity contribution in [3.8, 4) is 5.75 Å². The number of rotatable bonds is 1. The normalized spacial score (nSPS) is 21.9. The van der Waals surface area contributed by atoms with Gasteiger partial charge in [0.1, 0.15) is 5.75 Å². The minimum atomic E-state index is -0.863. The van der Waals surface area contributed by atoms with Crippen molar-refractivity contribution in [2.75, 3.05) is 0 Å². The van der Waals surface area contributed by atoms with Crippen LogP contribution in [0.5, 0.6) is 5.75 Å². The second kappa shape index (κ2) is 5.02. The Balaban J connectivity index is 1.94. The number of hydrogen-bond donors (Lipinski definition) is 2. The minimum absolute atomic E-state index is 0.0813. The van der Waals surface area contributed by atoms with E-state index in [4.69, 9.17) is 0 Å². The highest BCUT2D eigenvalue weighted by molar-refractivity contribution is 6.29. The molecule has 2 aliphatic rings. The van der Waals surface area contributed by atoms with Crippen molar-refractivity contribution in [1.82, 2.24) is 0 Å². The zero-order chi connectivity index (χ0) is 17.1. The molecule has 0 heterocycles. The van der Waals surface area contributed by atoms with Crippen LogP contribution in [0.25, 0.3) is 0 Å². The number of fused-ring (bicyclic) bond motifs is 3. The highest BCUT2D eigenvalue weighted by Gasteiger charge is 2.38. The van der Waals surface area contributed by atoms with Crippen molar-refractivity contribution >= 4 is 11.6 Å². The molecule has 2 aromatic carbocycles. The molecule has 0 aromatic heterocycles. The van der Waals surface area contributed by atoms with Crippen LogP contribution in [0.1, 0.15) is 62.7 Å². The van der Waals surface area contributed by atoms with E-state index in [1.54, 1.807) is 30.3 Å². The van der Waals surface area contributed by atoms with Gasteiger partial charge in [0.15, 0.2) is 11.6 Å². The molecule has 4 heteroatoms. The van der Waals surface area contributed by atoms with Crippen LogP contribution in [0.15, 0.2) is 30.3 Å². The van der Waals surface area contributed by atoms with Gasteiger partial charge in [0.25, 0.3) is 0 Å². The van der Waals surface area contributed by atoms with Gasteiger partial charge >= 0.3 is 0 Å². The Labute approximate surface area is 139 Å². The predicted molar refractivity (Wildman–Crippen MR) is 88.7 cm³/mol. The second-order valence-corrected chi connectivity index (χ2v) is 6.74. The van der Waals surface area contributed by atoms with E-state index in [1.165, 1.54) is 0 Å². The molecule has 0 saturated carbocycles. The average molecular weight is 322 g/mol. The summed E-state index contributed by atoms with van der Waals surface area (Å²) < 4.78 is 0. The predicted octanol–water partition coefficient (Wildman–Crippen LogP) is 2.80. The summed E-state index contributed by atoms with van der Waals surface area (Å²) in [7, 11) is 0. The van der Waals surface area contributed by atoms with E-state index in [0.29, 0.717) is 42.4 Å². The zero-order valence-corrected chi connectivity index (χ0v) is 13.4. The number of ketones is 2. The topological polar surface area (TPSA) is 74.6 Å². The smallest absolute Gasteiger partial charge is 0.198 e. The van der Waals surface area contributed by atoms with Crippen molar-refractivity contribution in [3.63, 3.8) is 0 Å². The SMILES string of the molecule is CCC1(O)CCc2cc3c(c(O)c2C1)C(=O)c1ccccc1C3=O. The molecule has 2 aromatic rings. The summed E-state index contributed by atoms with van der Waals surface area (Å²) in [6.07, 6.45) is 2.07. The zero-order valence-electron chi connectivity index (χ0n) is 13.4. The van der Waals surface area contributed by atoms with Gasteiger partial charge in [-0.1, -0.05) is 31.2 Å². The Kier molecular flexibility index (Phi) is 3.15. The molecule has 1 unspecified atom stereocenters. The number of phenolic OH excluding ortho intramolecular Hbond substituents is 1. The fourth-order valence-corrected chi connectivity index (χ4v) is 3.84. The number of aliphatic hydroxyl groups is 1. The molecule has 4 nitrogen and oxygen atoms in total. The molecule has 0 spiro atoms. The molecule has 0 saturated heterocycles. The van der Waals surface area contributed by atoms with Crippen LogP contribution in [0, 0.1) is 0 Å². The van der Waals surface area contributed by atoms with Crippen LogP contribution in [0.4, 0.5) is 0 Å². The van der Waals surface area contributed by atoms with Gasteiger partial charge in [0.2, 0.25) is 0 Å². The van der Waals surface area contributed by atoms with Gasteiger partial charge in [-0.05, 0) is 30.9 Å². The summed E-state index contributed by atoms with van der Waals surface area (Å²) in [5, 5.41) is 21.3. The van der Waals surface area contributed by atoms with E-state index in [1.807, 2.05) is 6.92 Å². The van der Waals surface area contributed by atoms with Crippen LogP contribution >= 0.6 is 0 Å². The van der Waals surface area contributed by atoms with E-state index in [9.17, 15) is 19.8 Å². The Bertz CT molecular complexity index is 897. The van der Waals surface area contributed by atoms with Crippen molar-refractivity contribution in [2.45, 2.75) is 38.2 Å². The van der Waals surface area contributed by atoms with Crippen molar-refractivity contribution in [1.29, 1.82) is 0 Å². The monoisotopic (exact) mass is 322 g/mol. The Morgan fingerprint density at radius 2 is 1.75 bits per heavy atom. The molecule has 122 valence electrons. The van der Waals surface area contributed by atoms with Crippen molar-refractivity contribution in [2.24, 2.45) is 0 Å². The molecule has 0 bridgehead atoms. The third-order valence-electron chi connectivity index (χ3n) is 5.41. The number of aromatic hydroxyl groups is 1. The summed E-state index contributed by atoms with van der Waals surface area (Å²) in [5.74, 6) is -0.692. The van der Waals surface area contributed by atoms with E-state index in [0.717, 1.165) is 5.56 Å². The molecule has 2 N–H and O–H groups in total. The van der Waals surface area contributed by atoms with Crippen LogP contribution in [-0.2, 0) is 12.8 Å². The van der Waals surface area contributed by atoms with Gasteiger partial charge in [-0.15, -0.1) is 0 Å². The molecule has 4 rings (SSSR count). The maximum Gasteiger partial charge on any atom is 0.198 e. The maximum atomic E-state index is 12.8. The number of benzene rings is 2. The van der Waals surface area contributed by atoms with Gasteiger partial charge in [-0.3, -0.25) is 9.59 Å². The van der Waals surface area contributed by atoms with E-state index >= 15 is 0 Å². The highest BCUT2D eigenvalue weighted by atomic mass is 16.3. The molecule has 0 aliphatic heterocycles. The van der Waals surface area contributed by atoms with E-state index in [2.05, 4.69) is 0 Å². The van der Waals surface area contributed by atoms with Gasteiger partial charge in [-0.2, -0.15) is 0 Å². The summed E-state index contributed by atoms with van der Waals surface area (Å²) in [6.45, 7) is 1.91. The summed E-state index contributed by atoms with van der Waals surface area (Å²) >= 11 is 0. The third kappa shape index (κ3) is 1.96. The lowest BCUT2D eigenvalue weighted by atomic mass is 9.74. The fraction of sp³-hybridized carbons (Fsp3) is 0.300. The average Bonchev–Trinajstić information content (AvgIpc) is 2.60. The largest absolute Gasteiger partial charge is 0.507 e. The van der Waals surface area contributed by atoms with Crippen LogP contribution in [-0.4, -0.2) is 27.4 Å². The minimum Gasteiger partial charge on any atom is -0.507 e. The van der Waals surface area contributed by atoms with E-state index < -0.39 is 5.60 Å². The molecule has 0 amide bonds. The number of carbonyl (C=O) groups is 2. The number of phenols is 1. The number of carbonyl (C=O) groups excluding carboxylic acids is 2.